The summed E-state index contributed by atoms with van der Waals surface area (Å²) in [7, 11) is 0.255. The number of carbonyl (C=O) groups is 1. The van der Waals surface area contributed by atoms with Crippen LogP contribution < -0.4 is 4.90 Å². The molecule has 0 aliphatic carbocycles. The fourth-order valence-electron chi connectivity index (χ4n) is 4.40. The van der Waals surface area contributed by atoms with Crippen LogP contribution in [0.4, 0.5) is 5.69 Å². The Bertz CT molecular complexity index is 1030. The molecule has 0 bridgehead atoms. The summed E-state index contributed by atoms with van der Waals surface area (Å²) in [5.74, 6) is -0.0822. The van der Waals surface area contributed by atoms with E-state index in [-0.39, 0.29) is 16.8 Å². The maximum Gasteiger partial charge on any atom is 0.253 e. The van der Waals surface area contributed by atoms with E-state index in [9.17, 15) is 13.2 Å². The maximum atomic E-state index is 13.5. The first kappa shape index (κ1) is 20.9. The molecule has 0 radical (unpaired) electrons. The van der Waals surface area contributed by atoms with E-state index in [0.717, 1.165) is 50.0 Å². The zero-order valence-corrected chi connectivity index (χ0v) is 18.4. The molecule has 30 heavy (non-hydrogen) atoms. The Labute approximate surface area is 179 Å². The van der Waals surface area contributed by atoms with Crippen LogP contribution in [0.15, 0.2) is 53.4 Å². The van der Waals surface area contributed by atoms with E-state index >= 15 is 0 Å². The maximum absolute atomic E-state index is 13.5. The van der Waals surface area contributed by atoms with Crippen molar-refractivity contribution in [2.24, 2.45) is 0 Å². The molecule has 1 unspecified atom stereocenters. The van der Waals surface area contributed by atoms with Gasteiger partial charge >= 0.3 is 0 Å². The van der Waals surface area contributed by atoms with E-state index in [1.54, 1.807) is 33.5 Å². The molecule has 0 spiro atoms. The van der Waals surface area contributed by atoms with Crippen molar-refractivity contribution in [2.45, 2.75) is 36.6 Å². The van der Waals surface area contributed by atoms with Gasteiger partial charge in [-0.3, -0.25) is 4.79 Å². The highest BCUT2D eigenvalue weighted by molar-refractivity contribution is 7.89. The van der Waals surface area contributed by atoms with Crippen LogP contribution in [0, 0.1) is 0 Å². The van der Waals surface area contributed by atoms with E-state index < -0.39 is 10.0 Å². The highest BCUT2D eigenvalue weighted by Gasteiger charge is 2.36. The summed E-state index contributed by atoms with van der Waals surface area (Å²) in [6.07, 6.45) is 3.63. The Morgan fingerprint density at radius 2 is 1.70 bits per heavy atom. The largest absolute Gasteiger partial charge is 0.378 e. The standard InChI is InChI=1S/C23H29N3O3S/c1-24(2)20-10-5-8-18(16-20)22-12-7-15-26(22)30(28,29)21-11-6-9-19(17-21)23(27)25-13-3-4-14-25/h5-6,8-11,16-17,22H,3-4,7,12-15H2,1-2H3. The van der Waals surface area contributed by atoms with Gasteiger partial charge in [0.15, 0.2) is 0 Å². The van der Waals surface area contributed by atoms with Crippen LogP contribution in [-0.4, -0.2) is 57.3 Å². The number of anilines is 1. The van der Waals surface area contributed by atoms with Crippen LogP contribution in [0.1, 0.15) is 47.6 Å². The summed E-state index contributed by atoms with van der Waals surface area (Å²) in [6.45, 7) is 1.97. The molecule has 2 aromatic carbocycles. The summed E-state index contributed by atoms with van der Waals surface area (Å²) in [6, 6.07) is 14.4. The summed E-state index contributed by atoms with van der Waals surface area (Å²) in [5.41, 5.74) is 2.50. The van der Waals surface area contributed by atoms with E-state index in [1.165, 1.54) is 0 Å². The Morgan fingerprint density at radius 3 is 2.43 bits per heavy atom. The summed E-state index contributed by atoms with van der Waals surface area (Å²) < 4.78 is 28.6. The van der Waals surface area contributed by atoms with Crippen LogP contribution in [0.3, 0.4) is 0 Å². The zero-order chi connectivity index (χ0) is 21.3. The molecular formula is C23H29N3O3S. The number of amides is 1. The van der Waals surface area contributed by atoms with Gasteiger partial charge in [-0.25, -0.2) is 8.42 Å². The molecule has 2 aliphatic heterocycles. The Morgan fingerprint density at radius 1 is 0.967 bits per heavy atom. The van der Waals surface area contributed by atoms with Gasteiger partial charge in [0.2, 0.25) is 10.0 Å². The number of nitrogens with zero attached hydrogens (tertiary/aromatic N) is 3. The number of hydrogen-bond acceptors (Lipinski definition) is 4. The smallest absolute Gasteiger partial charge is 0.253 e. The number of sulfonamides is 1. The van der Waals surface area contributed by atoms with Gasteiger partial charge in [0.1, 0.15) is 0 Å². The summed E-state index contributed by atoms with van der Waals surface area (Å²) in [5, 5.41) is 0. The molecule has 0 N–H and O–H groups in total. The van der Waals surface area contributed by atoms with E-state index in [4.69, 9.17) is 0 Å². The molecular weight excluding hydrogens is 398 g/mol. The van der Waals surface area contributed by atoms with Crippen LogP contribution in [0.5, 0.6) is 0 Å². The predicted molar refractivity (Wildman–Crippen MR) is 118 cm³/mol. The second-order valence-corrected chi connectivity index (χ2v) is 10.2. The Balaban J connectivity index is 1.63. The lowest BCUT2D eigenvalue weighted by Gasteiger charge is -2.26. The number of likely N-dealkylation sites (tertiary alicyclic amines) is 1. The third-order valence-electron chi connectivity index (χ3n) is 6.06. The minimum absolute atomic E-state index is 0.0822. The Kier molecular flexibility index (Phi) is 5.84. The zero-order valence-electron chi connectivity index (χ0n) is 17.6. The van der Waals surface area contributed by atoms with Crippen LogP contribution in [0.25, 0.3) is 0 Å². The molecule has 2 heterocycles. The minimum atomic E-state index is -3.70. The minimum Gasteiger partial charge on any atom is -0.378 e. The second kappa shape index (κ2) is 8.40. The van der Waals surface area contributed by atoms with Gasteiger partial charge in [-0.05, 0) is 61.6 Å². The van der Waals surface area contributed by atoms with Crippen molar-refractivity contribution in [2.75, 3.05) is 38.6 Å². The molecule has 160 valence electrons. The number of hydrogen-bond donors (Lipinski definition) is 0. The molecule has 4 rings (SSSR count). The summed E-state index contributed by atoms with van der Waals surface area (Å²) >= 11 is 0. The van der Waals surface area contributed by atoms with Gasteiger partial charge in [0.05, 0.1) is 10.9 Å². The van der Waals surface area contributed by atoms with Crippen molar-refractivity contribution < 1.29 is 13.2 Å². The molecule has 2 aliphatic rings. The van der Waals surface area contributed by atoms with Gasteiger partial charge in [-0.2, -0.15) is 4.31 Å². The van der Waals surface area contributed by atoms with Gasteiger partial charge in [0, 0.05) is 45.0 Å². The van der Waals surface area contributed by atoms with E-state index in [2.05, 4.69) is 6.07 Å². The fourth-order valence-corrected chi connectivity index (χ4v) is 6.13. The first-order chi connectivity index (χ1) is 14.4. The van der Waals surface area contributed by atoms with Gasteiger partial charge in [-0.15, -0.1) is 0 Å². The average molecular weight is 428 g/mol. The van der Waals surface area contributed by atoms with Gasteiger partial charge in [0.25, 0.3) is 5.91 Å². The van der Waals surface area contributed by atoms with Crippen molar-refractivity contribution in [1.29, 1.82) is 0 Å². The molecule has 1 atom stereocenters. The molecule has 1 amide bonds. The molecule has 7 heteroatoms. The molecule has 0 saturated carbocycles. The van der Waals surface area contributed by atoms with Crippen molar-refractivity contribution in [1.82, 2.24) is 9.21 Å². The SMILES string of the molecule is CN(C)c1cccc(C2CCCN2S(=O)(=O)c2cccc(C(=O)N3CCCC3)c2)c1. The monoisotopic (exact) mass is 427 g/mol. The first-order valence-electron chi connectivity index (χ1n) is 10.6. The number of carbonyl (C=O) groups excluding carboxylic acids is 1. The topological polar surface area (TPSA) is 60.9 Å². The van der Waals surface area contributed by atoms with Crippen LogP contribution in [0.2, 0.25) is 0 Å². The Hall–Kier alpha value is -2.38. The molecule has 2 saturated heterocycles. The molecule has 6 nitrogen and oxygen atoms in total. The first-order valence-corrected chi connectivity index (χ1v) is 12.0. The van der Waals surface area contributed by atoms with Crippen molar-refractivity contribution in [3.8, 4) is 0 Å². The lowest BCUT2D eigenvalue weighted by molar-refractivity contribution is 0.0792. The third-order valence-corrected chi connectivity index (χ3v) is 7.96. The number of rotatable bonds is 5. The molecule has 0 aromatic heterocycles. The highest BCUT2D eigenvalue weighted by atomic mass is 32.2. The third kappa shape index (κ3) is 3.96. The van der Waals surface area contributed by atoms with Crippen molar-refractivity contribution in [3.05, 3.63) is 59.7 Å². The molecule has 2 aromatic rings. The lowest BCUT2D eigenvalue weighted by atomic mass is 10.0. The normalized spacial score (nSPS) is 19.9. The van der Waals surface area contributed by atoms with Crippen molar-refractivity contribution >= 4 is 21.6 Å². The molecule has 2 fully saturated rings. The van der Waals surface area contributed by atoms with E-state index in [1.807, 2.05) is 37.2 Å². The van der Waals surface area contributed by atoms with Gasteiger partial charge in [-0.1, -0.05) is 18.2 Å². The van der Waals surface area contributed by atoms with E-state index in [0.29, 0.717) is 12.1 Å². The summed E-state index contributed by atoms with van der Waals surface area (Å²) in [4.78, 5) is 16.8. The predicted octanol–water partition coefficient (Wildman–Crippen LogP) is 3.51. The van der Waals surface area contributed by atoms with Gasteiger partial charge < -0.3 is 9.80 Å². The highest BCUT2D eigenvalue weighted by Crippen LogP contribution is 2.37. The average Bonchev–Trinajstić information content (AvgIpc) is 3.46. The van der Waals surface area contributed by atoms with Crippen LogP contribution in [-0.2, 0) is 10.0 Å². The van der Waals surface area contributed by atoms with Crippen molar-refractivity contribution in [3.63, 3.8) is 0 Å². The fraction of sp³-hybridized carbons (Fsp3) is 0.435. The number of benzene rings is 2. The second-order valence-electron chi connectivity index (χ2n) is 8.29. The van der Waals surface area contributed by atoms with Crippen LogP contribution >= 0.6 is 0 Å². The lowest BCUT2D eigenvalue weighted by Crippen LogP contribution is -2.31. The quantitative estimate of drug-likeness (QED) is 0.733.